The molecule has 0 saturated carbocycles. The molecular weight excluding hydrogens is 466 g/mol. The number of carbonyl (C=O) groups is 1. The Labute approximate surface area is 175 Å². The first-order valence-corrected chi connectivity index (χ1v) is 12.2. The predicted octanol–water partition coefficient (Wildman–Crippen LogP) is 5.16. The molecule has 4 aromatic rings. The van der Waals surface area contributed by atoms with E-state index < -0.39 is 15.8 Å². The van der Waals surface area contributed by atoms with E-state index >= 15 is 0 Å². The van der Waals surface area contributed by atoms with Gasteiger partial charge in [-0.25, -0.2) is 0 Å². The second kappa shape index (κ2) is 8.03. The van der Waals surface area contributed by atoms with Crippen molar-refractivity contribution in [1.82, 2.24) is 15.0 Å². The van der Waals surface area contributed by atoms with Crippen molar-refractivity contribution in [1.29, 1.82) is 0 Å². The van der Waals surface area contributed by atoms with E-state index in [0.717, 1.165) is 33.8 Å². The molecule has 1 amide bonds. The van der Waals surface area contributed by atoms with Crippen molar-refractivity contribution in [3.05, 3.63) is 62.9 Å². The quantitative estimate of drug-likeness (QED) is 0.389. The first-order chi connectivity index (χ1) is 13.1. The Kier molecular flexibility index (Phi) is 5.50. The van der Waals surface area contributed by atoms with Crippen LogP contribution in [0.1, 0.15) is 5.56 Å². The molecule has 27 heavy (non-hydrogen) atoms. The first kappa shape index (κ1) is 18.5. The molecule has 136 valence electrons. The molecular formula is C18H13AsCl2N4OS. The first-order valence-electron chi connectivity index (χ1n) is 7.95. The summed E-state index contributed by atoms with van der Waals surface area (Å²) in [5.41, 5.74) is 5.99. The number of benzene rings is 2. The standard InChI is InChI=1S/C18H13AsCl2N4OS/c20-11-3-10(4-12(21)5-11)7-19-18(26)23-13-1-2-14-15(6-13)25-17(24-14)16-8-27-9-22-16/h1-6,8-9,19H,7H2,(H,23,26)(H,24,25). The third kappa shape index (κ3) is 4.53. The summed E-state index contributed by atoms with van der Waals surface area (Å²) in [4.78, 5) is 24.4. The van der Waals surface area contributed by atoms with Crippen LogP contribution >= 0.6 is 34.5 Å². The molecule has 5 nitrogen and oxygen atoms in total. The monoisotopic (exact) mass is 478 g/mol. The number of halogens is 2. The Morgan fingerprint density at radius 2 is 2.00 bits per heavy atom. The van der Waals surface area contributed by atoms with Crippen LogP contribution in [0.25, 0.3) is 22.6 Å². The number of nitrogens with zero attached hydrogens (tertiary/aromatic N) is 2. The number of aromatic amines is 1. The average molecular weight is 479 g/mol. The normalized spacial score (nSPS) is 11.5. The maximum atomic E-state index is 12.3. The number of anilines is 1. The summed E-state index contributed by atoms with van der Waals surface area (Å²) in [6, 6.07) is 11.0. The number of aromatic nitrogens is 3. The zero-order chi connectivity index (χ0) is 18.8. The summed E-state index contributed by atoms with van der Waals surface area (Å²) in [5.74, 6) is 0.723. The number of carbonyl (C=O) groups excluding carboxylic acids is 1. The van der Waals surface area contributed by atoms with Crippen molar-refractivity contribution in [2.45, 2.75) is 5.21 Å². The molecule has 2 N–H and O–H groups in total. The number of nitrogens with one attached hydrogen (secondary N) is 2. The number of hydrogen-bond acceptors (Lipinski definition) is 4. The average Bonchev–Trinajstić information content (AvgIpc) is 3.28. The van der Waals surface area contributed by atoms with Crippen LogP contribution in [0.3, 0.4) is 0 Å². The molecule has 9 heteroatoms. The SMILES string of the molecule is O=C(Nc1ccc2[nH]c(-c3cscn3)nc2c1)[AsH]Cc1cc(Cl)cc(Cl)c1. The minimum atomic E-state index is -0.888. The topological polar surface area (TPSA) is 70.7 Å². The Balaban J connectivity index is 1.44. The van der Waals surface area contributed by atoms with Gasteiger partial charge in [0.15, 0.2) is 0 Å². The van der Waals surface area contributed by atoms with Gasteiger partial charge in [0.2, 0.25) is 0 Å². The van der Waals surface area contributed by atoms with Crippen molar-refractivity contribution in [2.75, 3.05) is 5.32 Å². The van der Waals surface area contributed by atoms with Crippen molar-refractivity contribution in [2.24, 2.45) is 0 Å². The fraction of sp³-hybridized carbons (Fsp3) is 0.0556. The van der Waals surface area contributed by atoms with E-state index in [1.54, 1.807) is 11.6 Å². The van der Waals surface area contributed by atoms with E-state index in [2.05, 4.69) is 20.3 Å². The molecule has 2 aromatic heterocycles. The van der Waals surface area contributed by atoms with Crippen LogP contribution in [0.15, 0.2) is 47.3 Å². The molecule has 1 unspecified atom stereocenters. The van der Waals surface area contributed by atoms with Gasteiger partial charge in [0.25, 0.3) is 0 Å². The van der Waals surface area contributed by atoms with Gasteiger partial charge in [-0.3, -0.25) is 0 Å². The van der Waals surface area contributed by atoms with Gasteiger partial charge in [0, 0.05) is 0 Å². The Morgan fingerprint density at radius 1 is 1.19 bits per heavy atom. The van der Waals surface area contributed by atoms with Crippen molar-refractivity contribution < 1.29 is 4.79 Å². The van der Waals surface area contributed by atoms with Gasteiger partial charge < -0.3 is 0 Å². The third-order valence-electron chi connectivity index (χ3n) is 3.79. The number of fused-ring (bicyclic) bond motifs is 1. The summed E-state index contributed by atoms with van der Waals surface area (Å²) < 4.78 is 0.0423. The van der Waals surface area contributed by atoms with Crippen LogP contribution < -0.4 is 5.32 Å². The molecule has 0 bridgehead atoms. The Morgan fingerprint density at radius 3 is 2.74 bits per heavy atom. The van der Waals surface area contributed by atoms with Crippen LogP contribution in [0, 0.1) is 0 Å². The van der Waals surface area contributed by atoms with E-state index in [1.807, 2.05) is 35.7 Å². The van der Waals surface area contributed by atoms with E-state index in [-0.39, 0.29) is 4.69 Å². The number of H-pyrrole nitrogens is 1. The molecule has 2 aromatic carbocycles. The molecule has 0 radical (unpaired) electrons. The molecule has 0 spiro atoms. The van der Waals surface area contributed by atoms with E-state index in [4.69, 9.17) is 23.2 Å². The van der Waals surface area contributed by atoms with Crippen LogP contribution in [-0.2, 0) is 5.21 Å². The van der Waals surface area contributed by atoms with Crippen LogP contribution in [0.5, 0.6) is 0 Å². The number of amides is 1. The maximum absolute atomic E-state index is 12.3. The second-order valence-electron chi connectivity index (χ2n) is 5.78. The molecule has 4 rings (SSSR count). The number of hydrogen-bond donors (Lipinski definition) is 2. The van der Waals surface area contributed by atoms with E-state index in [0.29, 0.717) is 15.3 Å². The molecule has 0 aliphatic carbocycles. The second-order valence-corrected chi connectivity index (χ2v) is 9.80. The van der Waals surface area contributed by atoms with Gasteiger partial charge in [-0.2, -0.15) is 0 Å². The minimum absolute atomic E-state index is 0.0423. The number of thiazole rings is 1. The van der Waals surface area contributed by atoms with E-state index in [9.17, 15) is 4.79 Å². The van der Waals surface area contributed by atoms with Gasteiger partial charge in [0.05, 0.1) is 0 Å². The van der Waals surface area contributed by atoms with E-state index in [1.165, 1.54) is 11.3 Å². The fourth-order valence-electron chi connectivity index (χ4n) is 2.60. The van der Waals surface area contributed by atoms with Crippen molar-refractivity contribution in [3.8, 4) is 11.5 Å². The molecule has 0 saturated heterocycles. The summed E-state index contributed by atoms with van der Waals surface area (Å²) in [6.07, 6.45) is 0. The summed E-state index contributed by atoms with van der Waals surface area (Å²) in [5, 5.41) is 6.76. The van der Waals surface area contributed by atoms with Crippen molar-refractivity contribution >= 4 is 71.7 Å². The predicted molar refractivity (Wildman–Crippen MR) is 114 cm³/mol. The van der Waals surface area contributed by atoms with Crippen LogP contribution in [-0.4, -0.2) is 35.4 Å². The molecule has 0 aliphatic heterocycles. The molecule has 0 fully saturated rings. The van der Waals surface area contributed by atoms with Gasteiger partial charge >= 0.3 is 176 Å². The zero-order valence-corrected chi connectivity index (χ0v) is 18.2. The Hall–Kier alpha value is -1.85. The van der Waals surface area contributed by atoms with Crippen molar-refractivity contribution in [3.63, 3.8) is 0 Å². The van der Waals surface area contributed by atoms with Crippen LogP contribution in [0.2, 0.25) is 10.0 Å². The zero-order valence-electron chi connectivity index (χ0n) is 13.8. The molecule has 0 aliphatic rings. The van der Waals surface area contributed by atoms with Gasteiger partial charge in [-0.15, -0.1) is 0 Å². The molecule has 1 atom stereocenters. The van der Waals surface area contributed by atoms with Gasteiger partial charge in [-0.1, -0.05) is 0 Å². The Bertz CT molecular complexity index is 1090. The summed E-state index contributed by atoms with van der Waals surface area (Å²) in [7, 11) is 0. The number of imidazole rings is 1. The molecule has 2 heterocycles. The van der Waals surface area contributed by atoms with Gasteiger partial charge in [0.1, 0.15) is 0 Å². The number of rotatable bonds is 5. The van der Waals surface area contributed by atoms with Gasteiger partial charge in [-0.05, 0) is 0 Å². The van der Waals surface area contributed by atoms with Crippen LogP contribution in [0.4, 0.5) is 10.5 Å². The summed E-state index contributed by atoms with van der Waals surface area (Å²) in [6.45, 7) is 0. The summed E-state index contributed by atoms with van der Waals surface area (Å²) >= 11 is 12.6. The fourth-order valence-corrected chi connectivity index (χ4v) is 5.39. The third-order valence-corrected chi connectivity index (χ3v) is 6.98.